The van der Waals surface area contributed by atoms with Crippen molar-refractivity contribution in [1.82, 2.24) is 63.1 Å². The molecule has 14 heteroatoms. The standard InChI is InChI=1S/C52H34N4.C45H29N5.C39H24N4S/c1-5-17-35(18-6-1)49-53-50(36-19-7-2-8-20-36)55-51(54-49)37-29-31-40(32-30-37)56-47-28-16-14-26-42(47)44-33-43-41-25-13-15-27-45(41)52(46(43)34-48(44)56,38-21-9-3-10-22-38)39-23-11-4-12-24-39;1-4-15-30(16-5-1)43-46-44(31-17-6-2-7-18-31)48-45(47-43)32-19-14-22-34(27-32)50-40-26-13-11-24-36(40)38-28-37-35-23-10-12-25-39(35)49(41(37)29-42(38)50)33-20-8-3-9-21-33;1-3-11-25(12-4-1)37-40-38(26-13-5-2-6-14-26)42-39(41-37)27-19-21-28(22-20-27)43-33-17-9-7-15-29(33)31-23-24-32-30-16-8-10-18-34(30)44-36(32)35(31)43/h1-34H;1-29H;1-24H. The van der Waals surface area contributed by atoms with E-state index in [1.54, 1.807) is 0 Å². The van der Waals surface area contributed by atoms with Gasteiger partial charge in [0.25, 0.3) is 0 Å². The number of rotatable bonds is 15. The Labute approximate surface area is 867 Å². The van der Waals surface area contributed by atoms with Crippen LogP contribution >= 0.6 is 11.3 Å². The zero-order valence-electron chi connectivity index (χ0n) is 81.0. The molecule has 30 rings (SSSR count). The fraction of sp³-hybridized carbons (Fsp3) is 0.00735. The Kier molecular flexibility index (Phi) is 21.7. The number of benzene rings is 21. The first-order chi connectivity index (χ1) is 74.4. The molecule has 0 unspecified atom stereocenters. The topological polar surface area (TPSA) is 136 Å². The smallest absolute Gasteiger partial charge is 0.164 e. The molecular weight excluding hydrogens is 1850 g/mol. The monoisotopic (exact) mass is 1930 g/mol. The largest absolute Gasteiger partial charge is 0.309 e. The molecule has 8 heterocycles. The molecular formula is C136H87N13S. The van der Waals surface area contributed by atoms with E-state index in [1.165, 1.54) is 124 Å². The van der Waals surface area contributed by atoms with Crippen LogP contribution in [-0.2, 0) is 5.41 Å². The third-order valence-electron chi connectivity index (χ3n) is 29.1. The second-order valence-electron chi connectivity index (χ2n) is 37.8. The number of nitrogens with zero attached hydrogens (tertiary/aromatic N) is 13. The molecule has 29 aromatic rings. The van der Waals surface area contributed by atoms with E-state index in [0.717, 1.165) is 89.4 Å². The first-order valence-electron chi connectivity index (χ1n) is 50.5. The third-order valence-corrected chi connectivity index (χ3v) is 30.3. The summed E-state index contributed by atoms with van der Waals surface area (Å²) in [5.74, 6) is 5.83. The second-order valence-corrected chi connectivity index (χ2v) is 38.8. The van der Waals surface area contributed by atoms with Crippen molar-refractivity contribution in [2.75, 3.05) is 0 Å². The van der Waals surface area contributed by atoms with Gasteiger partial charge >= 0.3 is 0 Å². The van der Waals surface area contributed by atoms with Gasteiger partial charge in [-0.15, -0.1) is 11.3 Å². The van der Waals surface area contributed by atoms with E-state index in [2.05, 4.69) is 364 Å². The summed E-state index contributed by atoms with van der Waals surface area (Å²) in [5.41, 5.74) is 29.5. The average molecular weight is 1940 g/mol. The Balaban J connectivity index is 0.000000109. The number of fused-ring (bicyclic) bond motifs is 19. The molecule has 0 saturated heterocycles. The maximum atomic E-state index is 5.02. The lowest BCUT2D eigenvalue weighted by molar-refractivity contribution is 0.769. The molecule has 0 radical (unpaired) electrons. The van der Waals surface area contributed by atoms with Crippen LogP contribution in [0.4, 0.5) is 0 Å². The van der Waals surface area contributed by atoms with Crippen LogP contribution in [0.25, 0.3) is 244 Å². The lowest BCUT2D eigenvalue weighted by atomic mass is 9.67. The lowest BCUT2D eigenvalue weighted by Crippen LogP contribution is -2.28. The van der Waals surface area contributed by atoms with Crippen LogP contribution in [0, 0.1) is 0 Å². The molecule has 0 bridgehead atoms. The van der Waals surface area contributed by atoms with Crippen molar-refractivity contribution in [2.45, 2.75) is 5.41 Å². The molecule has 13 nitrogen and oxygen atoms in total. The zero-order chi connectivity index (χ0) is 99.1. The minimum atomic E-state index is -0.487. The van der Waals surface area contributed by atoms with Crippen LogP contribution in [0.15, 0.2) is 528 Å². The fourth-order valence-corrected chi connectivity index (χ4v) is 23.6. The van der Waals surface area contributed by atoms with Gasteiger partial charge in [0.15, 0.2) is 52.4 Å². The van der Waals surface area contributed by atoms with Gasteiger partial charge in [-0.25, -0.2) is 44.9 Å². The predicted molar refractivity (Wildman–Crippen MR) is 616 cm³/mol. The number of thiophene rings is 1. The summed E-state index contributed by atoms with van der Waals surface area (Å²) in [6, 6.07) is 186. The molecule has 21 aromatic carbocycles. The maximum absolute atomic E-state index is 5.02. The van der Waals surface area contributed by atoms with Gasteiger partial charge < -0.3 is 18.3 Å². The van der Waals surface area contributed by atoms with Crippen molar-refractivity contribution in [3.05, 3.63) is 550 Å². The normalized spacial score (nSPS) is 12.1. The van der Waals surface area contributed by atoms with Crippen LogP contribution in [0.1, 0.15) is 22.3 Å². The quantitative estimate of drug-likeness (QED) is 0.0983. The van der Waals surface area contributed by atoms with Gasteiger partial charge in [0.2, 0.25) is 0 Å². The fourth-order valence-electron chi connectivity index (χ4n) is 22.4. The van der Waals surface area contributed by atoms with E-state index in [9.17, 15) is 0 Å². The molecule has 8 aromatic heterocycles. The molecule has 0 aliphatic heterocycles. The summed E-state index contributed by atoms with van der Waals surface area (Å²) >= 11 is 1.87. The number of hydrogen-bond donors (Lipinski definition) is 0. The van der Waals surface area contributed by atoms with E-state index >= 15 is 0 Å². The highest BCUT2D eigenvalue weighted by Crippen LogP contribution is 2.58. The van der Waals surface area contributed by atoms with Crippen LogP contribution in [0.2, 0.25) is 0 Å². The first-order valence-corrected chi connectivity index (χ1v) is 51.3. The predicted octanol–water partition coefficient (Wildman–Crippen LogP) is 33.7. The van der Waals surface area contributed by atoms with Gasteiger partial charge in [-0.05, 0) is 161 Å². The van der Waals surface area contributed by atoms with Gasteiger partial charge in [0.05, 0.1) is 54.2 Å². The minimum absolute atomic E-state index is 0.487. The Morgan fingerprint density at radius 1 is 0.160 bits per heavy atom. The molecule has 0 N–H and O–H groups in total. The highest BCUT2D eigenvalue weighted by Gasteiger charge is 2.47. The van der Waals surface area contributed by atoms with Crippen LogP contribution in [-0.4, -0.2) is 63.1 Å². The van der Waals surface area contributed by atoms with Crippen molar-refractivity contribution in [1.29, 1.82) is 0 Å². The highest BCUT2D eigenvalue weighted by atomic mass is 32.1. The zero-order valence-corrected chi connectivity index (χ0v) is 81.8. The Bertz CT molecular complexity index is 10000. The number of para-hydroxylation sites is 5. The number of aromatic nitrogens is 13. The molecule has 1 aliphatic carbocycles. The van der Waals surface area contributed by atoms with Crippen molar-refractivity contribution in [2.24, 2.45) is 0 Å². The maximum Gasteiger partial charge on any atom is 0.164 e. The SMILES string of the molecule is c1ccc(-c2nc(-c3ccccc3)nc(-c3ccc(-n4c5ccccc5c5cc6c(cc54)C(c4ccccc4)(c4ccccc4)c4ccccc4-6)cc3)n2)cc1.c1ccc(-c2nc(-c3ccccc3)nc(-c3ccc(-n4c5ccccc5c5ccc6c7ccccc7sc6c54)cc3)n2)cc1.c1ccc(-c2nc(-c3ccccc3)nc(-c3cccc(-n4c5ccccc5c5cc6c7ccccc7n(-c7ccccc7)c6cc54)c3)n2)cc1. The Hall–Kier alpha value is -19.9. The summed E-state index contributed by atoms with van der Waals surface area (Å²) in [4.78, 5) is 44.5. The lowest BCUT2D eigenvalue weighted by Gasteiger charge is -2.34. The summed E-state index contributed by atoms with van der Waals surface area (Å²) in [7, 11) is 0. The summed E-state index contributed by atoms with van der Waals surface area (Å²) in [5, 5.41) is 12.5. The molecule has 702 valence electrons. The molecule has 1 aliphatic rings. The van der Waals surface area contributed by atoms with Crippen molar-refractivity contribution < 1.29 is 0 Å². The van der Waals surface area contributed by atoms with Crippen molar-refractivity contribution in [3.63, 3.8) is 0 Å². The summed E-state index contributed by atoms with van der Waals surface area (Å²) in [6.07, 6.45) is 0. The van der Waals surface area contributed by atoms with Gasteiger partial charge in [-0.3, -0.25) is 0 Å². The van der Waals surface area contributed by atoms with Gasteiger partial charge in [-0.2, -0.15) is 0 Å². The molecule has 0 spiro atoms. The number of hydrogen-bond acceptors (Lipinski definition) is 10. The average Bonchev–Trinajstić information content (AvgIpc) is 1.52. The van der Waals surface area contributed by atoms with Crippen LogP contribution in [0.5, 0.6) is 0 Å². The van der Waals surface area contributed by atoms with Crippen molar-refractivity contribution in [3.8, 4) is 136 Å². The van der Waals surface area contributed by atoms with E-state index in [1.807, 2.05) is 193 Å². The van der Waals surface area contributed by atoms with E-state index in [-0.39, 0.29) is 0 Å². The Morgan fingerprint density at radius 2 is 0.453 bits per heavy atom. The molecule has 150 heavy (non-hydrogen) atoms. The van der Waals surface area contributed by atoms with Gasteiger partial charge in [0.1, 0.15) is 0 Å². The molecule has 0 fully saturated rings. The second kappa shape index (κ2) is 37.0. The summed E-state index contributed by atoms with van der Waals surface area (Å²) < 4.78 is 12.2. The molecule has 0 amide bonds. The van der Waals surface area contributed by atoms with Crippen LogP contribution < -0.4 is 0 Å². The molecule has 0 saturated carbocycles. The Morgan fingerprint density at radius 3 is 0.880 bits per heavy atom. The van der Waals surface area contributed by atoms with Gasteiger partial charge in [0, 0.05) is 131 Å². The highest BCUT2D eigenvalue weighted by molar-refractivity contribution is 7.26. The van der Waals surface area contributed by atoms with E-state index in [4.69, 9.17) is 44.9 Å². The summed E-state index contributed by atoms with van der Waals surface area (Å²) in [6.45, 7) is 0. The third kappa shape index (κ3) is 15.2. The minimum Gasteiger partial charge on any atom is -0.309 e. The molecule has 0 atom stereocenters. The van der Waals surface area contributed by atoms with Crippen LogP contribution in [0.3, 0.4) is 0 Å². The van der Waals surface area contributed by atoms with Gasteiger partial charge in [-0.1, -0.05) is 400 Å². The van der Waals surface area contributed by atoms with E-state index < -0.39 is 5.41 Å². The van der Waals surface area contributed by atoms with E-state index in [0.29, 0.717) is 52.4 Å². The first kappa shape index (κ1) is 87.8. The van der Waals surface area contributed by atoms with Crippen molar-refractivity contribution >= 4 is 119 Å².